The van der Waals surface area contributed by atoms with Crippen molar-refractivity contribution in [3.63, 3.8) is 0 Å². The summed E-state index contributed by atoms with van der Waals surface area (Å²) in [5.41, 5.74) is 1.70. The van der Waals surface area contributed by atoms with Crippen molar-refractivity contribution in [1.82, 2.24) is 0 Å². The molecule has 3 rings (SSSR count). The predicted molar refractivity (Wildman–Crippen MR) is 92.9 cm³/mol. The Labute approximate surface area is 137 Å². The Hall–Kier alpha value is -2.11. The number of hydrogen-bond donors (Lipinski definition) is 0. The van der Waals surface area contributed by atoms with Crippen LogP contribution in [0.15, 0.2) is 64.8 Å². The van der Waals surface area contributed by atoms with Crippen LogP contribution in [-0.2, 0) is 4.79 Å². The van der Waals surface area contributed by atoms with Gasteiger partial charge in [0.15, 0.2) is 5.17 Å². The summed E-state index contributed by atoms with van der Waals surface area (Å²) in [6.07, 6.45) is 1.63. The van der Waals surface area contributed by atoms with Gasteiger partial charge in [-0.15, -0.1) is 5.10 Å². The van der Waals surface area contributed by atoms with Gasteiger partial charge >= 0.3 is 0 Å². The summed E-state index contributed by atoms with van der Waals surface area (Å²) in [6, 6.07) is 16.7. The Morgan fingerprint density at radius 2 is 1.82 bits per heavy atom. The number of thioether (sulfide) groups is 1. The lowest BCUT2D eigenvalue weighted by molar-refractivity contribution is -0.115. The third kappa shape index (κ3) is 3.37. The molecule has 0 aliphatic carbocycles. The van der Waals surface area contributed by atoms with Gasteiger partial charge < -0.3 is 0 Å². The number of amides is 1. The van der Waals surface area contributed by atoms with Crippen LogP contribution in [0.3, 0.4) is 0 Å². The summed E-state index contributed by atoms with van der Waals surface area (Å²) in [5, 5.41) is 9.50. The maximum atomic E-state index is 12.0. The van der Waals surface area contributed by atoms with Gasteiger partial charge in [0.1, 0.15) is 0 Å². The molecule has 110 valence electrons. The van der Waals surface area contributed by atoms with E-state index in [2.05, 4.69) is 10.2 Å². The first-order valence-electron chi connectivity index (χ1n) is 6.61. The molecule has 2 aromatic carbocycles. The lowest BCUT2D eigenvalue weighted by Gasteiger charge is -2.14. The fourth-order valence-electron chi connectivity index (χ4n) is 1.96. The molecule has 4 nitrogen and oxygen atoms in total. The van der Waals surface area contributed by atoms with Gasteiger partial charge in [0.2, 0.25) is 5.91 Å². The summed E-state index contributed by atoms with van der Waals surface area (Å²) in [4.78, 5) is 13.6. The van der Waals surface area contributed by atoms with Gasteiger partial charge in [-0.05, 0) is 29.8 Å². The molecule has 1 aliphatic heterocycles. The molecule has 1 amide bonds. The Morgan fingerprint density at radius 3 is 2.55 bits per heavy atom. The first-order chi connectivity index (χ1) is 10.7. The number of rotatable bonds is 3. The Morgan fingerprint density at radius 1 is 1.09 bits per heavy atom. The summed E-state index contributed by atoms with van der Waals surface area (Å²) < 4.78 is 0. The number of para-hydroxylation sites is 1. The van der Waals surface area contributed by atoms with Gasteiger partial charge in [-0.25, -0.2) is 0 Å². The molecule has 0 unspecified atom stereocenters. The van der Waals surface area contributed by atoms with E-state index in [1.165, 1.54) is 11.8 Å². The van der Waals surface area contributed by atoms with Crippen LogP contribution >= 0.6 is 23.4 Å². The average molecular weight is 330 g/mol. The highest BCUT2D eigenvalue weighted by Crippen LogP contribution is 2.26. The van der Waals surface area contributed by atoms with E-state index in [0.717, 1.165) is 11.3 Å². The van der Waals surface area contributed by atoms with E-state index in [-0.39, 0.29) is 5.91 Å². The molecule has 0 bridgehead atoms. The maximum absolute atomic E-state index is 12.0. The Kier molecular flexibility index (Phi) is 4.56. The zero-order valence-electron chi connectivity index (χ0n) is 11.5. The van der Waals surface area contributed by atoms with E-state index >= 15 is 0 Å². The van der Waals surface area contributed by atoms with Crippen LogP contribution in [0.5, 0.6) is 0 Å². The van der Waals surface area contributed by atoms with Gasteiger partial charge in [0.05, 0.1) is 17.7 Å². The second-order valence-electron chi connectivity index (χ2n) is 4.53. The van der Waals surface area contributed by atoms with E-state index in [1.807, 2.05) is 42.5 Å². The van der Waals surface area contributed by atoms with Crippen LogP contribution < -0.4 is 4.90 Å². The molecular formula is C16H12ClN3OS. The van der Waals surface area contributed by atoms with Crippen molar-refractivity contribution in [3.8, 4) is 0 Å². The highest BCUT2D eigenvalue weighted by Gasteiger charge is 2.29. The van der Waals surface area contributed by atoms with E-state index in [4.69, 9.17) is 11.6 Å². The topological polar surface area (TPSA) is 45.0 Å². The Balaban J connectivity index is 1.80. The zero-order chi connectivity index (χ0) is 15.4. The van der Waals surface area contributed by atoms with Crippen molar-refractivity contribution < 1.29 is 4.79 Å². The standard InChI is InChI=1S/C16H12ClN3OS/c17-13-8-6-12(7-9-13)10-18-19-16-20(15(21)11-22-16)14-4-2-1-3-5-14/h1-10H,11H2. The minimum Gasteiger partial charge on any atom is -0.273 e. The van der Waals surface area contributed by atoms with E-state index in [9.17, 15) is 4.79 Å². The molecule has 0 atom stereocenters. The minimum atomic E-state index is 0.0108. The molecule has 2 aromatic rings. The maximum Gasteiger partial charge on any atom is 0.243 e. The van der Waals surface area contributed by atoms with Crippen LogP contribution in [-0.4, -0.2) is 23.0 Å². The number of amidine groups is 1. The SMILES string of the molecule is O=C1CSC(=NN=Cc2ccc(Cl)cc2)N1c1ccccc1. The van der Waals surface area contributed by atoms with Gasteiger partial charge in [-0.1, -0.05) is 53.7 Å². The number of benzene rings is 2. The fraction of sp³-hybridized carbons (Fsp3) is 0.0625. The minimum absolute atomic E-state index is 0.0108. The zero-order valence-corrected chi connectivity index (χ0v) is 13.1. The van der Waals surface area contributed by atoms with Gasteiger partial charge in [0.25, 0.3) is 0 Å². The van der Waals surface area contributed by atoms with Crippen LogP contribution in [0.1, 0.15) is 5.56 Å². The molecular weight excluding hydrogens is 318 g/mol. The lowest BCUT2D eigenvalue weighted by atomic mass is 10.2. The van der Waals surface area contributed by atoms with Gasteiger partial charge in [-0.2, -0.15) is 5.10 Å². The molecule has 1 saturated heterocycles. The van der Waals surface area contributed by atoms with Crippen molar-refractivity contribution in [2.75, 3.05) is 10.7 Å². The fourth-order valence-corrected chi connectivity index (χ4v) is 2.91. The molecule has 0 N–H and O–H groups in total. The average Bonchev–Trinajstić information content (AvgIpc) is 2.91. The lowest BCUT2D eigenvalue weighted by Crippen LogP contribution is -2.28. The normalized spacial score (nSPS) is 16.9. The van der Waals surface area contributed by atoms with Crippen molar-refractivity contribution in [3.05, 3.63) is 65.2 Å². The summed E-state index contributed by atoms with van der Waals surface area (Å²) in [7, 11) is 0. The third-order valence-corrected chi connectivity index (χ3v) is 4.17. The second kappa shape index (κ2) is 6.77. The smallest absolute Gasteiger partial charge is 0.243 e. The number of anilines is 1. The van der Waals surface area contributed by atoms with Crippen LogP contribution in [0.25, 0.3) is 0 Å². The van der Waals surface area contributed by atoms with E-state index < -0.39 is 0 Å². The van der Waals surface area contributed by atoms with Gasteiger partial charge in [-0.3, -0.25) is 9.69 Å². The summed E-state index contributed by atoms with van der Waals surface area (Å²) >= 11 is 7.22. The molecule has 22 heavy (non-hydrogen) atoms. The van der Waals surface area contributed by atoms with Crippen LogP contribution in [0.4, 0.5) is 5.69 Å². The number of carbonyl (C=O) groups is 1. The van der Waals surface area contributed by atoms with Crippen LogP contribution in [0, 0.1) is 0 Å². The molecule has 1 aliphatic rings. The molecule has 0 saturated carbocycles. The highest BCUT2D eigenvalue weighted by atomic mass is 35.5. The first-order valence-corrected chi connectivity index (χ1v) is 7.98. The summed E-state index contributed by atoms with van der Waals surface area (Å²) in [5.74, 6) is 0.390. The van der Waals surface area contributed by atoms with E-state index in [0.29, 0.717) is 15.9 Å². The highest BCUT2D eigenvalue weighted by molar-refractivity contribution is 8.15. The molecule has 6 heteroatoms. The molecule has 1 fully saturated rings. The van der Waals surface area contributed by atoms with Gasteiger partial charge in [0, 0.05) is 5.02 Å². The third-order valence-electron chi connectivity index (χ3n) is 3.00. The van der Waals surface area contributed by atoms with Crippen molar-refractivity contribution in [2.24, 2.45) is 10.2 Å². The quantitative estimate of drug-likeness (QED) is 0.635. The van der Waals surface area contributed by atoms with Crippen molar-refractivity contribution >= 4 is 46.3 Å². The van der Waals surface area contributed by atoms with Crippen molar-refractivity contribution in [2.45, 2.75) is 0 Å². The molecule has 0 spiro atoms. The first kappa shape index (κ1) is 14.8. The number of nitrogens with zero attached hydrogens (tertiary/aromatic N) is 3. The van der Waals surface area contributed by atoms with Crippen LogP contribution in [0.2, 0.25) is 5.02 Å². The predicted octanol–water partition coefficient (Wildman–Crippen LogP) is 3.81. The van der Waals surface area contributed by atoms with Crippen molar-refractivity contribution in [1.29, 1.82) is 0 Å². The largest absolute Gasteiger partial charge is 0.273 e. The molecule has 0 aromatic heterocycles. The number of carbonyl (C=O) groups excluding carboxylic acids is 1. The number of hydrogen-bond acceptors (Lipinski definition) is 4. The second-order valence-corrected chi connectivity index (χ2v) is 5.91. The molecule has 1 heterocycles. The Bertz CT molecular complexity index is 729. The molecule has 0 radical (unpaired) electrons. The number of halogens is 1. The summed E-state index contributed by atoms with van der Waals surface area (Å²) in [6.45, 7) is 0. The van der Waals surface area contributed by atoms with E-state index in [1.54, 1.807) is 23.2 Å². The monoisotopic (exact) mass is 329 g/mol.